The predicted molar refractivity (Wildman–Crippen MR) is 63.2 cm³/mol. The van der Waals surface area contributed by atoms with Crippen LogP contribution in [0.4, 0.5) is 10.1 Å². The zero-order valence-electron chi connectivity index (χ0n) is 8.85. The minimum Gasteiger partial charge on any atom is -0.478 e. The molecule has 0 aromatic heterocycles. The molecule has 0 radical (unpaired) electrons. The molecule has 3 nitrogen and oxygen atoms in total. The van der Waals surface area contributed by atoms with E-state index in [1.165, 1.54) is 24.3 Å². The lowest BCUT2D eigenvalue weighted by atomic mass is 9.97. The smallest absolute Gasteiger partial charge is 0.336 e. The van der Waals surface area contributed by atoms with Crippen molar-refractivity contribution in [2.75, 3.05) is 5.73 Å². The first-order valence-corrected chi connectivity index (χ1v) is 4.98. The van der Waals surface area contributed by atoms with Crippen LogP contribution >= 0.6 is 0 Å². The summed E-state index contributed by atoms with van der Waals surface area (Å²) in [5, 5.41) is 9.06. The highest BCUT2D eigenvalue weighted by Crippen LogP contribution is 2.31. The first-order valence-electron chi connectivity index (χ1n) is 4.98. The van der Waals surface area contributed by atoms with Crippen LogP contribution in [-0.2, 0) is 0 Å². The first-order chi connectivity index (χ1) is 8.11. The molecular formula is C13H10FNO2. The normalized spacial score (nSPS) is 10.2. The molecule has 0 amide bonds. The van der Waals surface area contributed by atoms with Gasteiger partial charge in [-0.3, -0.25) is 0 Å². The number of hydrogen-bond donors (Lipinski definition) is 2. The van der Waals surface area contributed by atoms with Crippen LogP contribution in [0.1, 0.15) is 10.4 Å². The van der Waals surface area contributed by atoms with Gasteiger partial charge in [-0.25, -0.2) is 9.18 Å². The third-order valence-electron chi connectivity index (χ3n) is 2.47. The summed E-state index contributed by atoms with van der Waals surface area (Å²) in [6.45, 7) is 0. The number of anilines is 1. The maximum absolute atomic E-state index is 13.7. The SMILES string of the molecule is Nc1cccc(C(=O)O)c1-c1ccccc1F. The largest absolute Gasteiger partial charge is 0.478 e. The summed E-state index contributed by atoms with van der Waals surface area (Å²) in [6, 6.07) is 10.4. The second-order valence-electron chi connectivity index (χ2n) is 3.55. The van der Waals surface area contributed by atoms with E-state index in [-0.39, 0.29) is 22.4 Å². The summed E-state index contributed by atoms with van der Waals surface area (Å²) >= 11 is 0. The van der Waals surface area contributed by atoms with Gasteiger partial charge in [0.2, 0.25) is 0 Å². The Kier molecular flexibility index (Phi) is 2.78. The van der Waals surface area contributed by atoms with E-state index in [1.807, 2.05) is 0 Å². The molecule has 0 saturated carbocycles. The van der Waals surface area contributed by atoms with Gasteiger partial charge in [0.1, 0.15) is 5.82 Å². The molecule has 2 rings (SSSR count). The standard InChI is InChI=1S/C13H10FNO2/c14-10-6-2-1-4-8(10)12-9(13(16)17)5-3-7-11(12)15/h1-7H,15H2,(H,16,17). The molecule has 0 aliphatic heterocycles. The number of carboxylic acids is 1. The maximum atomic E-state index is 13.7. The van der Waals surface area contributed by atoms with Crippen molar-refractivity contribution >= 4 is 11.7 Å². The maximum Gasteiger partial charge on any atom is 0.336 e. The third kappa shape index (κ3) is 1.97. The molecular weight excluding hydrogens is 221 g/mol. The van der Waals surface area contributed by atoms with Gasteiger partial charge < -0.3 is 10.8 Å². The van der Waals surface area contributed by atoms with E-state index in [0.29, 0.717) is 0 Å². The quantitative estimate of drug-likeness (QED) is 0.781. The third-order valence-corrected chi connectivity index (χ3v) is 2.47. The fourth-order valence-electron chi connectivity index (χ4n) is 1.71. The van der Waals surface area contributed by atoms with Crippen LogP contribution in [-0.4, -0.2) is 11.1 Å². The number of nitrogen functional groups attached to an aromatic ring is 1. The van der Waals surface area contributed by atoms with Gasteiger partial charge in [-0.2, -0.15) is 0 Å². The highest BCUT2D eigenvalue weighted by molar-refractivity contribution is 5.99. The number of halogens is 1. The first kappa shape index (κ1) is 11.1. The van der Waals surface area contributed by atoms with Crippen molar-refractivity contribution in [1.29, 1.82) is 0 Å². The van der Waals surface area contributed by atoms with Gasteiger partial charge in [0.05, 0.1) is 5.56 Å². The lowest BCUT2D eigenvalue weighted by Gasteiger charge is -2.10. The van der Waals surface area contributed by atoms with Crippen molar-refractivity contribution in [2.45, 2.75) is 0 Å². The van der Waals surface area contributed by atoms with E-state index in [1.54, 1.807) is 18.2 Å². The molecule has 0 bridgehead atoms. The molecule has 4 heteroatoms. The van der Waals surface area contributed by atoms with Gasteiger partial charge in [0, 0.05) is 16.8 Å². The molecule has 0 heterocycles. The second-order valence-corrected chi connectivity index (χ2v) is 3.55. The van der Waals surface area contributed by atoms with Gasteiger partial charge in [0.15, 0.2) is 0 Å². The van der Waals surface area contributed by atoms with Gasteiger partial charge >= 0.3 is 5.97 Å². The van der Waals surface area contributed by atoms with Crippen molar-refractivity contribution in [3.05, 3.63) is 53.8 Å². The summed E-state index contributed by atoms with van der Waals surface area (Å²) < 4.78 is 13.7. The molecule has 0 aliphatic rings. The zero-order chi connectivity index (χ0) is 12.4. The minimum absolute atomic E-state index is 0.00454. The Morgan fingerprint density at radius 3 is 2.47 bits per heavy atom. The van der Waals surface area contributed by atoms with Crippen molar-refractivity contribution in [2.24, 2.45) is 0 Å². The number of aromatic carboxylic acids is 1. The lowest BCUT2D eigenvalue weighted by molar-refractivity contribution is 0.0698. The van der Waals surface area contributed by atoms with Gasteiger partial charge in [-0.15, -0.1) is 0 Å². The Morgan fingerprint density at radius 1 is 1.12 bits per heavy atom. The summed E-state index contributed by atoms with van der Waals surface area (Å²) in [7, 11) is 0. The Balaban J connectivity index is 2.75. The molecule has 3 N–H and O–H groups in total. The number of carboxylic acid groups (broad SMARTS) is 1. The molecule has 0 fully saturated rings. The number of nitrogens with two attached hydrogens (primary N) is 1. The van der Waals surface area contributed by atoms with E-state index in [4.69, 9.17) is 10.8 Å². The Labute approximate surface area is 97.3 Å². The van der Waals surface area contributed by atoms with Crippen LogP contribution < -0.4 is 5.73 Å². The fourth-order valence-corrected chi connectivity index (χ4v) is 1.71. The average molecular weight is 231 g/mol. The zero-order valence-corrected chi connectivity index (χ0v) is 8.85. The molecule has 86 valence electrons. The molecule has 0 spiro atoms. The van der Waals surface area contributed by atoms with Crippen molar-refractivity contribution < 1.29 is 14.3 Å². The van der Waals surface area contributed by atoms with Gasteiger partial charge in [-0.05, 0) is 18.2 Å². The Hall–Kier alpha value is -2.36. The molecule has 2 aromatic carbocycles. The summed E-state index contributed by atoms with van der Waals surface area (Å²) in [6.07, 6.45) is 0. The van der Waals surface area contributed by atoms with Gasteiger partial charge in [-0.1, -0.05) is 24.3 Å². The van der Waals surface area contributed by atoms with E-state index in [9.17, 15) is 9.18 Å². The van der Waals surface area contributed by atoms with Crippen LogP contribution in [0.3, 0.4) is 0 Å². The van der Waals surface area contributed by atoms with Crippen LogP contribution in [0.25, 0.3) is 11.1 Å². The number of benzene rings is 2. The number of carbonyl (C=O) groups is 1. The van der Waals surface area contributed by atoms with Crippen LogP contribution in [0.5, 0.6) is 0 Å². The summed E-state index contributed by atoms with van der Waals surface area (Å²) in [5.74, 6) is -1.62. The lowest BCUT2D eigenvalue weighted by Crippen LogP contribution is -2.03. The average Bonchev–Trinajstić information content (AvgIpc) is 2.30. The Morgan fingerprint density at radius 2 is 1.82 bits per heavy atom. The predicted octanol–water partition coefficient (Wildman–Crippen LogP) is 2.77. The van der Waals surface area contributed by atoms with Gasteiger partial charge in [0.25, 0.3) is 0 Å². The van der Waals surface area contributed by atoms with Crippen molar-refractivity contribution in [3.8, 4) is 11.1 Å². The molecule has 17 heavy (non-hydrogen) atoms. The topological polar surface area (TPSA) is 63.3 Å². The molecule has 2 aromatic rings. The van der Waals surface area contributed by atoms with Crippen molar-refractivity contribution in [3.63, 3.8) is 0 Å². The van der Waals surface area contributed by atoms with Crippen LogP contribution in [0.2, 0.25) is 0 Å². The number of hydrogen-bond acceptors (Lipinski definition) is 2. The van der Waals surface area contributed by atoms with E-state index in [0.717, 1.165) is 0 Å². The monoisotopic (exact) mass is 231 g/mol. The summed E-state index contributed by atoms with van der Waals surface area (Å²) in [5.41, 5.74) is 6.39. The molecule has 0 saturated heterocycles. The molecule has 0 aliphatic carbocycles. The van der Waals surface area contributed by atoms with E-state index < -0.39 is 11.8 Å². The minimum atomic E-state index is -1.13. The second kappa shape index (κ2) is 4.25. The molecule has 0 atom stereocenters. The fraction of sp³-hybridized carbons (Fsp3) is 0. The van der Waals surface area contributed by atoms with Crippen molar-refractivity contribution in [1.82, 2.24) is 0 Å². The highest BCUT2D eigenvalue weighted by atomic mass is 19.1. The van der Waals surface area contributed by atoms with Crippen LogP contribution in [0, 0.1) is 5.82 Å². The number of rotatable bonds is 2. The highest BCUT2D eigenvalue weighted by Gasteiger charge is 2.16. The van der Waals surface area contributed by atoms with Crippen LogP contribution in [0.15, 0.2) is 42.5 Å². The van der Waals surface area contributed by atoms with E-state index in [2.05, 4.69) is 0 Å². The molecule has 0 unspecified atom stereocenters. The van der Waals surface area contributed by atoms with E-state index >= 15 is 0 Å². The Bertz CT molecular complexity index is 581. The summed E-state index contributed by atoms with van der Waals surface area (Å²) in [4.78, 5) is 11.1.